The van der Waals surface area contributed by atoms with Gasteiger partial charge in [0.2, 0.25) is 24.6 Å². The van der Waals surface area contributed by atoms with Crippen LogP contribution >= 0.6 is 48.3 Å². The molecular weight excluding hydrogens is 1620 g/mol. The van der Waals surface area contributed by atoms with E-state index in [2.05, 4.69) is 39.6 Å². The SMILES string of the molecule is CP(=O)(Cl)Oc1ccccc1.[C-]#[N+]CCOP(=S)(OC[C@H]1O[C@@H](n2ccc(=O)n3ccnc23)[C@H](O[P+](=O)O)[C@@H]1C)O[C@H]1C[C@H](n2ccc3c(N=CN(C)C)ccnc32)O[C@@H]1CO.[C-]#[N+]CCOP1(=S)OC[C@H]2O[C@@H](n3ccc(=O)n4ccnc34)[C@H](OP(O)OC[C@H]3O[C@@H](n4ccc5c(N=CN(C)C)ccnc54)C[C@@H]3O1)[C@@H]2C.[HH]. The van der Waals surface area contributed by atoms with E-state index in [0.717, 1.165) is 22.1 Å². The number of hydrogen-bond donors (Lipinski definition) is 3. The number of rotatable bonds is 24. The highest BCUT2D eigenvalue weighted by atomic mass is 35.7. The van der Waals surface area contributed by atoms with Gasteiger partial charge in [0.1, 0.15) is 61.0 Å². The largest absolute Gasteiger partial charge is 0.695 e. The lowest BCUT2D eigenvalue weighted by atomic mass is 10.0. The van der Waals surface area contributed by atoms with Crippen molar-refractivity contribution in [2.45, 2.75) is 100 Å². The summed E-state index contributed by atoms with van der Waals surface area (Å²) in [5.74, 6) is 0.251. The number of para-hydroxylation sites is 1. The number of aromatic nitrogens is 10. The van der Waals surface area contributed by atoms with Crippen LogP contribution in [-0.2, 0) is 92.4 Å². The minimum Gasteiger partial charge on any atom is -0.433 e. The molecule has 14 rings (SSSR count). The van der Waals surface area contributed by atoms with Gasteiger partial charge < -0.3 is 98.3 Å². The predicted octanol–water partition coefficient (Wildman–Crippen LogP) is 10.3. The molecule has 1 aromatic carbocycles. The second kappa shape index (κ2) is 37.6. The number of imidazole rings is 2. The molecule has 5 fully saturated rings. The second-order valence-corrected chi connectivity index (χ2v) is 37.4. The van der Waals surface area contributed by atoms with Crippen LogP contribution in [-0.4, -0.2) is 221 Å². The number of pyridine rings is 2. The smallest absolute Gasteiger partial charge is 0.433 e. The van der Waals surface area contributed by atoms with E-state index in [1.807, 2.05) is 96.8 Å². The summed E-state index contributed by atoms with van der Waals surface area (Å²) in [6.07, 6.45) is 11.3. The number of hydrogen-bond acceptors (Lipinski definition) is 28. The standard InChI is InChI=1S/C30H36N8O10P2S.C30H36N8O9P2S.C7H8ClO2P.H2/c1-19-24(46-29(27(19)47-49(41)42)38-12-7-25(40)36-13-9-33-30(36)38)17-44-50(51,43-14-10-31-2)48-22-15-26(45-23(22)16-39)37-11-6-20-21(34-18-35(3)4)5-8-32-28(20)37;1-19-23-17-43-49(50,42-14-10-31-2)47-22-15-26(37-11-6-20-21(34-18-35(3)4)5-8-32-28(20)37)44-24(22)16-41-48(40)46-27(19)29(45-23)38-12-7-25(39)36-13-9-33-30(36)38;1-11(8,9)10-7-5-3-2-4-6-7;/h5-9,11-13,18-19,22-24,26-27,29,39H,10,14-17H2,1,3-4H3;5-9,11-13,18-19,22-24,26-27,29,40H,10,14-17H2,1,3-4H3;2-6H,1H3;1H/p+1/t19-,22+,23-,24-,26-,27-,29-,50?;19-,22+,23-,24-,26-,27-,29-,48?,49?;;/m11../s1. The van der Waals surface area contributed by atoms with Crippen molar-refractivity contribution in [1.29, 1.82) is 0 Å². The van der Waals surface area contributed by atoms with Gasteiger partial charge in [-0.25, -0.2) is 43.1 Å². The maximum absolute atomic E-state index is 12.4. The van der Waals surface area contributed by atoms with Crippen LogP contribution in [0.2, 0.25) is 0 Å². The Morgan fingerprint density at radius 2 is 1.33 bits per heavy atom. The highest BCUT2D eigenvalue weighted by Crippen LogP contribution is 2.58. The van der Waals surface area contributed by atoms with Gasteiger partial charge in [0.05, 0.1) is 74.9 Å². The van der Waals surface area contributed by atoms with E-state index in [9.17, 15) is 33.6 Å². The zero-order valence-electron chi connectivity index (χ0n) is 61.2. The Morgan fingerprint density at radius 3 is 1.91 bits per heavy atom. The quantitative estimate of drug-likeness (QED) is 0.0166. The van der Waals surface area contributed by atoms with Crippen LogP contribution < -0.4 is 15.6 Å². The number of nitrogens with zero attached hydrogens (tertiary/aromatic N) is 16. The summed E-state index contributed by atoms with van der Waals surface area (Å²) < 4.78 is 117. The molecule has 8 aromatic heterocycles. The molecule has 13 heterocycles. The third kappa shape index (κ3) is 20.4. The summed E-state index contributed by atoms with van der Waals surface area (Å²) in [5.41, 5.74) is 2.21. The third-order valence-electron chi connectivity index (χ3n) is 18.1. The van der Waals surface area contributed by atoms with E-state index in [1.54, 1.807) is 77.8 Å². The van der Waals surface area contributed by atoms with E-state index in [-0.39, 0.29) is 83.4 Å². The number of aliphatic imine (C=N–C) groups is 2. The van der Waals surface area contributed by atoms with Gasteiger partial charge in [-0.1, -0.05) is 32.0 Å². The summed E-state index contributed by atoms with van der Waals surface area (Å²) in [7, 11) is 2.09. The first-order chi connectivity index (χ1) is 53.7. The van der Waals surface area contributed by atoms with Gasteiger partial charge in [0, 0.05) is 150 Å². The van der Waals surface area contributed by atoms with Crippen molar-refractivity contribution >= 4 is 130 Å². The molecule has 600 valence electrons. The van der Waals surface area contributed by atoms with E-state index < -0.39 is 117 Å². The van der Waals surface area contributed by atoms with Crippen LogP contribution in [0.25, 0.3) is 43.3 Å². The van der Waals surface area contributed by atoms with Crippen molar-refractivity contribution in [2.75, 3.05) is 87.6 Å². The topological polar surface area (TPSA) is 378 Å². The molecule has 5 saturated heterocycles. The van der Waals surface area contributed by atoms with Crippen LogP contribution in [0, 0.1) is 25.0 Å². The average Bonchev–Trinajstić information content (AvgIpc) is 1.63. The zero-order chi connectivity index (χ0) is 79.6. The van der Waals surface area contributed by atoms with Gasteiger partial charge >= 0.3 is 37.0 Å². The minimum absolute atomic E-state index is 0. The molecule has 3 N–H and O–H groups in total. The third-order valence-corrected chi connectivity index (χ3v) is 24.8. The van der Waals surface area contributed by atoms with Gasteiger partial charge in [-0.05, 0) is 71.3 Å². The highest BCUT2D eigenvalue weighted by Gasteiger charge is 2.52. The number of aliphatic hydroxyl groups excluding tert-OH is 1. The Morgan fingerprint density at radius 1 is 0.741 bits per heavy atom. The maximum Gasteiger partial charge on any atom is 0.695 e. The molecule has 37 nitrogen and oxygen atoms in total. The van der Waals surface area contributed by atoms with Crippen LogP contribution in [0.4, 0.5) is 11.4 Å². The first kappa shape index (κ1) is 84.3. The minimum atomic E-state index is -3.62. The molecule has 5 aliphatic rings. The Balaban J connectivity index is 0.000000195. The molecule has 5 aliphatic heterocycles. The van der Waals surface area contributed by atoms with Crippen molar-refractivity contribution in [3.05, 3.63) is 172 Å². The summed E-state index contributed by atoms with van der Waals surface area (Å²) in [4.78, 5) is 82.8. The van der Waals surface area contributed by atoms with E-state index in [4.69, 9.17) is 112 Å². The van der Waals surface area contributed by atoms with Crippen molar-refractivity contribution in [1.82, 2.24) is 56.8 Å². The predicted molar refractivity (Wildman–Crippen MR) is 421 cm³/mol. The second-order valence-electron chi connectivity index (χ2n) is 26.3. The van der Waals surface area contributed by atoms with Crippen LogP contribution in [0.5, 0.6) is 5.75 Å². The maximum atomic E-state index is 12.4. The zero-order valence-corrected chi connectivity index (χ0v) is 68.1. The fraction of sp³-hybridized carbons (Fsp3) is 0.463. The van der Waals surface area contributed by atoms with Crippen LogP contribution in [0.15, 0.2) is 148 Å². The average molecular weight is 1700 g/mol. The lowest BCUT2D eigenvalue weighted by Gasteiger charge is -2.28. The molecule has 0 aliphatic carbocycles. The fourth-order valence-electron chi connectivity index (χ4n) is 12.8. The molecule has 112 heavy (non-hydrogen) atoms. The number of benzene rings is 1. The fourth-order valence-corrected chi connectivity index (χ4v) is 19.2. The Bertz CT molecular complexity index is 5200. The first-order valence-corrected chi connectivity index (χ1v) is 45.2. The van der Waals surface area contributed by atoms with Crippen molar-refractivity contribution in [3.8, 4) is 5.75 Å². The first-order valence-electron chi connectivity index (χ1n) is 34.8. The van der Waals surface area contributed by atoms with Gasteiger partial charge in [-0.2, -0.15) is 0 Å². The lowest BCUT2D eigenvalue weighted by Crippen LogP contribution is -2.30. The number of fused-ring (bicyclic) bond motifs is 7. The number of aliphatic hydroxyl groups is 1. The van der Waals surface area contributed by atoms with Crippen molar-refractivity contribution in [3.63, 3.8) is 0 Å². The Labute approximate surface area is 660 Å². The normalized spacial score (nSPS) is 27.9. The molecule has 0 radical (unpaired) electrons. The van der Waals surface area contributed by atoms with Gasteiger partial charge in [-0.15, -0.1) is 9.42 Å². The monoisotopic (exact) mass is 1700 g/mol. The van der Waals surface area contributed by atoms with E-state index >= 15 is 0 Å². The molecular formula is C67H83ClN16O21P5S2+. The Hall–Kier alpha value is -7.13. The molecule has 0 spiro atoms. The summed E-state index contributed by atoms with van der Waals surface area (Å²) >= 11 is 17.2. The number of ether oxygens (including phenoxy) is 4. The molecule has 0 amide bonds. The molecule has 5 unspecified atom stereocenters. The molecule has 45 heteroatoms. The van der Waals surface area contributed by atoms with Crippen molar-refractivity contribution < 1.29 is 89.6 Å². The summed E-state index contributed by atoms with van der Waals surface area (Å²) in [5, 5.41) is 11.9. The van der Waals surface area contributed by atoms with Crippen LogP contribution in [0.3, 0.4) is 0 Å². The summed E-state index contributed by atoms with van der Waals surface area (Å²) in [6.45, 7) is 8.72. The van der Waals surface area contributed by atoms with E-state index in [1.165, 1.54) is 52.4 Å². The number of halogens is 1. The Kier molecular flexibility index (Phi) is 28.3. The summed E-state index contributed by atoms with van der Waals surface area (Å²) in [6, 6.07) is 19.0. The van der Waals surface area contributed by atoms with Gasteiger partial charge in [0.15, 0.2) is 18.6 Å². The van der Waals surface area contributed by atoms with Gasteiger partial charge in [0.25, 0.3) is 11.1 Å². The van der Waals surface area contributed by atoms with Crippen LogP contribution in [0.1, 0.15) is 53.0 Å². The highest BCUT2D eigenvalue weighted by molar-refractivity contribution is 8.07. The molecule has 19 atom stereocenters. The lowest BCUT2D eigenvalue weighted by molar-refractivity contribution is -0.0605. The van der Waals surface area contributed by atoms with Crippen molar-refractivity contribution in [2.24, 2.45) is 21.8 Å². The molecule has 0 saturated carbocycles. The molecule has 9 aromatic rings. The van der Waals surface area contributed by atoms with E-state index in [0.29, 0.717) is 29.2 Å². The van der Waals surface area contributed by atoms with Gasteiger partial charge in [-0.3, -0.25) is 32.1 Å². The molecule has 2 bridgehead atoms.